The third kappa shape index (κ3) is 3.17. The van der Waals surface area contributed by atoms with E-state index >= 15 is 0 Å². The number of carboxylic acid groups (broad SMARTS) is 1. The van der Waals surface area contributed by atoms with Crippen LogP contribution in [0.1, 0.15) is 18.4 Å². The minimum Gasteiger partial charge on any atom is -0.480 e. The van der Waals surface area contributed by atoms with E-state index in [4.69, 9.17) is 16.7 Å². The summed E-state index contributed by atoms with van der Waals surface area (Å²) < 4.78 is 13.7. The van der Waals surface area contributed by atoms with Gasteiger partial charge >= 0.3 is 5.97 Å². The van der Waals surface area contributed by atoms with E-state index in [1.807, 2.05) is 0 Å². The van der Waals surface area contributed by atoms with Crippen molar-refractivity contribution in [2.45, 2.75) is 25.4 Å². The van der Waals surface area contributed by atoms with Crippen LogP contribution in [0.3, 0.4) is 0 Å². The zero-order valence-electron chi connectivity index (χ0n) is 9.20. The number of aliphatic carboxylic acids is 1. The van der Waals surface area contributed by atoms with E-state index in [2.05, 4.69) is 0 Å². The molecule has 0 atom stereocenters. The Morgan fingerprint density at radius 1 is 1.53 bits per heavy atom. The first-order chi connectivity index (χ1) is 8.08. The van der Waals surface area contributed by atoms with Crippen LogP contribution in [-0.2, 0) is 11.3 Å². The van der Waals surface area contributed by atoms with Crippen molar-refractivity contribution in [1.82, 2.24) is 4.90 Å². The van der Waals surface area contributed by atoms with Gasteiger partial charge in [0.1, 0.15) is 5.82 Å². The number of hydrogen-bond acceptors (Lipinski definition) is 2. The summed E-state index contributed by atoms with van der Waals surface area (Å²) in [5, 5.41) is 8.88. The van der Waals surface area contributed by atoms with Crippen LogP contribution in [-0.4, -0.2) is 28.6 Å². The van der Waals surface area contributed by atoms with Crippen molar-refractivity contribution >= 4 is 17.6 Å². The second kappa shape index (κ2) is 5.02. The Labute approximate surface area is 104 Å². The van der Waals surface area contributed by atoms with Crippen molar-refractivity contribution in [1.29, 1.82) is 0 Å². The molecule has 1 N–H and O–H groups in total. The van der Waals surface area contributed by atoms with Gasteiger partial charge in [0, 0.05) is 18.2 Å². The van der Waals surface area contributed by atoms with Crippen molar-refractivity contribution < 1.29 is 14.3 Å². The molecule has 92 valence electrons. The Morgan fingerprint density at radius 2 is 2.24 bits per heavy atom. The molecule has 1 saturated carbocycles. The predicted molar refractivity (Wildman–Crippen MR) is 62.5 cm³/mol. The fraction of sp³-hybridized carbons (Fsp3) is 0.417. The molecule has 1 aliphatic carbocycles. The van der Waals surface area contributed by atoms with Crippen LogP contribution in [0.4, 0.5) is 4.39 Å². The summed E-state index contributed by atoms with van der Waals surface area (Å²) in [6.07, 6.45) is 1.96. The summed E-state index contributed by atoms with van der Waals surface area (Å²) in [6.45, 7) is 0.236. The molecular formula is C12H13ClFNO2. The van der Waals surface area contributed by atoms with Crippen LogP contribution in [0.5, 0.6) is 0 Å². The van der Waals surface area contributed by atoms with Gasteiger partial charge < -0.3 is 5.11 Å². The highest BCUT2D eigenvalue weighted by Gasteiger charge is 2.30. The Morgan fingerprint density at radius 3 is 2.82 bits per heavy atom. The highest BCUT2D eigenvalue weighted by Crippen LogP contribution is 2.29. The summed E-state index contributed by atoms with van der Waals surface area (Å²) in [5.74, 6) is -1.34. The molecular weight excluding hydrogens is 245 g/mol. The highest BCUT2D eigenvalue weighted by molar-refractivity contribution is 6.30. The van der Waals surface area contributed by atoms with Crippen molar-refractivity contribution in [3.8, 4) is 0 Å². The average Bonchev–Trinajstić information content (AvgIpc) is 3.06. The number of halogens is 2. The smallest absolute Gasteiger partial charge is 0.317 e. The number of hydrogen-bond donors (Lipinski definition) is 1. The molecule has 1 aromatic carbocycles. The lowest BCUT2D eigenvalue weighted by molar-refractivity contribution is -0.138. The lowest BCUT2D eigenvalue weighted by Gasteiger charge is -2.20. The molecule has 0 bridgehead atoms. The van der Waals surface area contributed by atoms with Crippen LogP contribution in [0.25, 0.3) is 0 Å². The van der Waals surface area contributed by atoms with Crippen LogP contribution in [0.15, 0.2) is 18.2 Å². The molecule has 0 aromatic heterocycles. The first kappa shape index (κ1) is 12.3. The van der Waals surface area contributed by atoms with Crippen molar-refractivity contribution in [2.24, 2.45) is 0 Å². The molecule has 17 heavy (non-hydrogen) atoms. The van der Waals surface area contributed by atoms with Gasteiger partial charge in [-0.1, -0.05) is 23.7 Å². The van der Waals surface area contributed by atoms with Crippen LogP contribution in [0, 0.1) is 5.82 Å². The summed E-state index contributed by atoms with van der Waals surface area (Å²) in [7, 11) is 0. The van der Waals surface area contributed by atoms with E-state index in [1.165, 1.54) is 6.07 Å². The largest absolute Gasteiger partial charge is 0.480 e. The highest BCUT2D eigenvalue weighted by atomic mass is 35.5. The number of nitrogens with zero attached hydrogens (tertiary/aromatic N) is 1. The monoisotopic (exact) mass is 257 g/mol. The van der Waals surface area contributed by atoms with E-state index in [-0.39, 0.29) is 17.6 Å². The SMILES string of the molecule is O=C(O)CN(Cc1cccc(Cl)c1F)C1CC1. The predicted octanol–water partition coefficient (Wildman–Crippen LogP) is 2.53. The number of carbonyl (C=O) groups is 1. The third-order valence-electron chi connectivity index (χ3n) is 2.81. The maximum absolute atomic E-state index is 13.7. The van der Waals surface area contributed by atoms with Crippen LogP contribution >= 0.6 is 11.6 Å². The van der Waals surface area contributed by atoms with Gasteiger partial charge in [0.25, 0.3) is 0 Å². The number of rotatable bonds is 5. The van der Waals surface area contributed by atoms with Crippen molar-refractivity contribution in [3.63, 3.8) is 0 Å². The van der Waals surface area contributed by atoms with E-state index in [0.29, 0.717) is 12.1 Å². The normalized spacial score (nSPS) is 15.2. The molecule has 1 fully saturated rings. The Bertz CT molecular complexity index is 435. The maximum Gasteiger partial charge on any atom is 0.317 e. The van der Waals surface area contributed by atoms with Gasteiger partial charge in [-0.25, -0.2) is 4.39 Å². The summed E-state index contributed by atoms with van der Waals surface area (Å²) in [4.78, 5) is 12.5. The van der Waals surface area contributed by atoms with E-state index in [9.17, 15) is 9.18 Å². The van der Waals surface area contributed by atoms with Gasteiger partial charge in [0.05, 0.1) is 11.6 Å². The summed E-state index contributed by atoms with van der Waals surface area (Å²) in [6, 6.07) is 5.06. The fourth-order valence-corrected chi connectivity index (χ4v) is 2.01. The van der Waals surface area contributed by atoms with Gasteiger partial charge in [-0.15, -0.1) is 0 Å². The fourth-order valence-electron chi connectivity index (χ4n) is 1.82. The van der Waals surface area contributed by atoms with Gasteiger partial charge in [0.2, 0.25) is 0 Å². The lowest BCUT2D eigenvalue weighted by Crippen LogP contribution is -2.31. The molecule has 0 aliphatic heterocycles. The first-order valence-corrected chi connectivity index (χ1v) is 5.84. The molecule has 0 heterocycles. The topological polar surface area (TPSA) is 40.5 Å². The Balaban J connectivity index is 2.11. The zero-order chi connectivity index (χ0) is 12.4. The third-order valence-corrected chi connectivity index (χ3v) is 3.10. The standard InChI is InChI=1S/C12H13ClFNO2/c13-10-3-1-2-8(12(10)14)6-15(7-11(16)17)9-4-5-9/h1-3,9H,4-7H2,(H,16,17). The van der Waals surface area contributed by atoms with E-state index in [0.717, 1.165) is 12.8 Å². The average molecular weight is 258 g/mol. The molecule has 2 rings (SSSR count). The van der Waals surface area contributed by atoms with Gasteiger partial charge in [0.15, 0.2) is 0 Å². The number of carboxylic acids is 1. The first-order valence-electron chi connectivity index (χ1n) is 5.46. The second-order valence-electron chi connectivity index (χ2n) is 4.24. The summed E-state index contributed by atoms with van der Waals surface area (Å²) >= 11 is 5.69. The quantitative estimate of drug-likeness (QED) is 0.881. The minimum absolute atomic E-state index is 0.0589. The minimum atomic E-state index is -0.890. The maximum atomic E-state index is 13.7. The van der Waals surface area contributed by atoms with Gasteiger partial charge in [-0.2, -0.15) is 0 Å². The molecule has 0 radical (unpaired) electrons. The molecule has 0 spiro atoms. The molecule has 0 saturated heterocycles. The molecule has 1 aliphatic rings. The van der Waals surface area contributed by atoms with Gasteiger partial charge in [-0.3, -0.25) is 9.69 Å². The Hall–Kier alpha value is -1.13. The Kier molecular flexibility index (Phi) is 3.64. The van der Waals surface area contributed by atoms with Crippen molar-refractivity contribution in [2.75, 3.05) is 6.54 Å². The molecule has 1 aromatic rings. The summed E-state index contributed by atoms with van der Waals surface area (Å²) in [5.41, 5.74) is 0.450. The zero-order valence-corrected chi connectivity index (χ0v) is 9.95. The second-order valence-corrected chi connectivity index (χ2v) is 4.65. The van der Waals surface area contributed by atoms with Crippen molar-refractivity contribution in [3.05, 3.63) is 34.6 Å². The molecule has 5 heteroatoms. The lowest BCUT2D eigenvalue weighted by atomic mass is 10.2. The van der Waals surface area contributed by atoms with E-state index < -0.39 is 11.8 Å². The molecule has 0 amide bonds. The number of benzene rings is 1. The van der Waals surface area contributed by atoms with Gasteiger partial charge in [-0.05, 0) is 18.9 Å². The van der Waals surface area contributed by atoms with Crippen LogP contribution < -0.4 is 0 Å². The van der Waals surface area contributed by atoms with Crippen LogP contribution in [0.2, 0.25) is 5.02 Å². The molecule has 3 nitrogen and oxygen atoms in total. The molecule has 0 unspecified atom stereocenters. The van der Waals surface area contributed by atoms with E-state index in [1.54, 1.807) is 17.0 Å².